The molecule has 4 rings (SSSR count). The molecule has 0 radical (unpaired) electrons. The minimum atomic E-state index is -4.71. The molecule has 0 saturated carbocycles. The van der Waals surface area contributed by atoms with Gasteiger partial charge in [0.05, 0.1) is 16.1 Å². The average molecular weight is 490 g/mol. The zero-order chi connectivity index (χ0) is 24.3. The van der Waals surface area contributed by atoms with Crippen molar-refractivity contribution in [2.45, 2.75) is 24.5 Å². The first kappa shape index (κ1) is 24.1. The van der Waals surface area contributed by atoms with Crippen LogP contribution < -0.4 is 9.62 Å². The van der Waals surface area contributed by atoms with E-state index in [2.05, 4.69) is 21.8 Å². The Morgan fingerprint density at radius 2 is 1.53 bits per heavy atom. The smallest absolute Gasteiger partial charge is 0.369 e. The Kier molecular flexibility index (Phi) is 6.86. The maximum atomic E-state index is 13.9. The lowest BCUT2D eigenvalue weighted by molar-refractivity contribution is -0.136. The van der Waals surface area contributed by atoms with Gasteiger partial charge in [-0.05, 0) is 42.8 Å². The zero-order valence-corrected chi connectivity index (χ0v) is 19.5. The molecule has 1 aliphatic heterocycles. The zero-order valence-electron chi connectivity index (χ0n) is 18.7. The second-order valence-corrected chi connectivity index (χ2v) is 10.1. The van der Waals surface area contributed by atoms with Crippen molar-refractivity contribution in [3.8, 4) is 0 Å². The molecular formula is C25H26F3N3O2S. The van der Waals surface area contributed by atoms with E-state index < -0.39 is 27.5 Å². The van der Waals surface area contributed by atoms with Crippen LogP contribution in [-0.4, -0.2) is 39.5 Å². The molecule has 0 bridgehead atoms. The Hall–Kier alpha value is -3.04. The minimum absolute atomic E-state index is 0.0927. The van der Waals surface area contributed by atoms with Gasteiger partial charge in [-0.3, -0.25) is 9.62 Å². The molecule has 3 aromatic rings. The van der Waals surface area contributed by atoms with Crippen LogP contribution in [0.25, 0.3) is 0 Å². The van der Waals surface area contributed by atoms with Crippen molar-refractivity contribution < 1.29 is 21.6 Å². The molecule has 0 amide bonds. The number of hydrogen-bond donors (Lipinski definition) is 1. The molecular weight excluding hydrogens is 463 g/mol. The van der Waals surface area contributed by atoms with E-state index in [-0.39, 0.29) is 4.90 Å². The highest BCUT2D eigenvalue weighted by molar-refractivity contribution is 7.92. The van der Waals surface area contributed by atoms with Crippen molar-refractivity contribution in [2.24, 2.45) is 0 Å². The predicted octanol–water partition coefficient (Wildman–Crippen LogP) is 5.14. The molecule has 1 aliphatic rings. The van der Waals surface area contributed by atoms with Gasteiger partial charge in [-0.1, -0.05) is 48.0 Å². The first-order valence-electron chi connectivity index (χ1n) is 10.9. The lowest BCUT2D eigenvalue weighted by Crippen LogP contribution is -2.46. The number of nitrogens with zero attached hydrogens (tertiary/aromatic N) is 2. The fourth-order valence-electron chi connectivity index (χ4n) is 3.98. The number of rotatable bonds is 6. The predicted molar refractivity (Wildman–Crippen MR) is 127 cm³/mol. The molecule has 1 saturated heterocycles. The Morgan fingerprint density at radius 1 is 0.882 bits per heavy atom. The van der Waals surface area contributed by atoms with Crippen molar-refractivity contribution in [3.63, 3.8) is 0 Å². The number of nitrogens with one attached hydrogen (secondary N) is 1. The summed E-state index contributed by atoms with van der Waals surface area (Å²) >= 11 is 0. The van der Waals surface area contributed by atoms with Gasteiger partial charge < -0.3 is 4.90 Å². The molecule has 0 aromatic heterocycles. The van der Waals surface area contributed by atoms with Gasteiger partial charge >= 0.3 is 6.18 Å². The fraction of sp³-hybridized carbons (Fsp3) is 0.280. The van der Waals surface area contributed by atoms with Crippen LogP contribution in [0.1, 0.15) is 16.7 Å². The van der Waals surface area contributed by atoms with Crippen molar-refractivity contribution in [3.05, 3.63) is 89.5 Å². The maximum Gasteiger partial charge on any atom is 0.418 e. The number of anilines is 2. The van der Waals surface area contributed by atoms with Crippen molar-refractivity contribution in [2.75, 3.05) is 35.8 Å². The normalized spacial score (nSPS) is 15.4. The van der Waals surface area contributed by atoms with Gasteiger partial charge in [0.15, 0.2) is 0 Å². The summed E-state index contributed by atoms with van der Waals surface area (Å²) in [5.74, 6) is 0. The second-order valence-electron chi connectivity index (χ2n) is 8.39. The van der Waals surface area contributed by atoms with Gasteiger partial charge in [-0.2, -0.15) is 13.2 Å². The fourth-order valence-corrected chi connectivity index (χ4v) is 5.06. The largest absolute Gasteiger partial charge is 0.418 e. The van der Waals surface area contributed by atoms with Crippen LogP contribution in [0.2, 0.25) is 0 Å². The minimum Gasteiger partial charge on any atom is -0.369 e. The Morgan fingerprint density at radius 3 is 2.15 bits per heavy atom. The van der Waals surface area contributed by atoms with E-state index in [1.807, 2.05) is 23.1 Å². The summed E-state index contributed by atoms with van der Waals surface area (Å²) in [5, 5.41) is 0. The standard InChI is InChI=1S/C25H26F3N3O2S/c1-19-7-10-22(11-8-19)34(32,33)29-24-12-9-21(17-23(24)25(26,27)28)31-15-13-30(14-16-31)18-20-5-3-2-4-6-20/h2-12,17,29H,13-16,18H2,1H3. The Balaban J connectivity index is 1.51. The van der Waals surface area contributed by atoms with E-state index in [4.69, 9.17) is 0 Å². The van der Waals surface area contributed by atoms with Gasteiger partial charge in [0.1, 0.15) is 0 Å². The topological polar surface area (TPSA) is 52.7 Å². The van der Waals surface area contributed by atoms with E-state index >= 15 is 0 Å². The molecule has 3 aromatic carbocycles. The van der Waals surface area contributed by atoms with Gasteiger partial charge in [0, 0.05) is 38.4 Å². The summed E-state index contributed by atoms with van der Waals surface area (Å²) in [4.78, 5) is 4.07. The molecule has 0 aliphatic carbocycles. The number of sulfonamides is 1. The molecule has 1 N–H and O–H groups in total. The third kappa shape index (κ3) is 5.71. The molecule has 5 nitrogen and oxygen atoms in total. The third-order valence-corrected chi connectivity index (χ3v) is 7.25. The first-order valence-corrected chi connectivity index (χ1v) is 12.4. The van der Waals surface area contributed by atoms with E-state index in [1.165, 1.54) is 29.8 Å². The van der Waals surface area contributed by atoms with Crippen LogP contribution in [0.5, 0.6) is 0 Å². The number of aryl methyl sites for hydroxylation is 1. The second kappa shape index (κ2) is 9.68. The van der Waals surface area contributed by atoms with Crippen LogP contribution in [-0.2, 0) is 22.7 Å². The summed E-state index contributed by atoms with van der Waals surface area (Å²) in [7, 11) is -4.16. The van der Waals surface area contributed by atoms with Crippen LogP contribution in [0.3, 0.4) is 0 Å². The number of benzene rings is 3. The molecule has 9 heteroatoms. The Bertz CT molecular complexity index is 1220. The first-order chi connectivity index (χ1) is 16.1. The van der Waals surface area contributed by atoms with E-state index in [1.54, 1.807) is 19.1 Å². The van der Waals surface area contributed by atoms with Crippen LogP contribution >= 0.6 is 0 Å². The van der Waals surface area contributed by atoms with E-state index in [0.717, 1.165) is 31.3 Å². The molecule has 1 heterocycles. The lowest BCUT2D eigenvalue weighted by atomic mass is 10.1. The van der Waals surface area contributed by atoms with Gasteiger partial charge in [-0.25, -0.2) is 8.42 Å². The van der Waals surface area contributed by atoms with Crippen molar-refractivity contribution in [1.29, 1.82) is 0 Å². The molecule has 1 fully saturated rings. The van der Waals surface area contributed by atoms with E-state index in [0.29, 0.717) is 18.8 Å². The van der Waals surface area contributed by atoms with Crippen LogP contribution in [0.4, 0.5) is 24.5 Å². The van der Waals surface area contributed by atoms with E-state index in [9.17, 15) is 21.6 Å². The lowest BCUT2D eigenvalue weighted by Gasteiger charge is -2.36. The highest BCUT2D eigenvalue weighted by Crippen LogP contribution is 2.38. The average Bonchev–Trinajstić information content (AvgIpc) is 2.80. The van der Waals surface area contributed by atoms with Gasteiger partial charge in [0.2, 0.25) is 0 Å². The molecule has 0 spiro atoms. The maximum absolute atomic E-state index is 13.9. The third-order valence-electron chi connectivity index (χ3n) is 5.87. The van der Waals surface area contributed by atoms with Gasteiger partial charge in [-0.15, -0.1) is 0 Å². The molecule has 34 heavy (non-hydrogen) atoms. The molecule has 180 valence electrons. The Labute approximate surface area is 197 Å². The number of halogens is 3. The quantitative estimate of drug-likeness (QED) is 0.521. The SMILES string of the molecule is Cc1ccc(S(=O)(=O)Nc2ccc(N3CCN(Cc4ccccc4)CC3)cc2C(F)(F)F)cc1. The summed E-state index contributed by atoms with van der Waals surface area (Å²) < 4.78 is 69.1. The molecule has 0 unspecified atom stereocenters. The summed E-state index contributed by atoms with van der Waals surface area (Å²) in [5.41, 5.74) is 0.973. The van der Waals surface area contributed by atoms with Crippen molar-refractivity contribution in [1.82, 2.24) is 4.90 Å². The summed E-state index contributed by atoms with van der Waals surface area (Å²) in [6.45, 7) is 5.20. The van der Waals surface area contributed by atoms with Crippen LogP contribution in [0.15, 0.2) is 77.7 Å². The van der Waals surface area contributed by atoms with Crippen molar-refractivity contribution >= 4 is 21.4 Å². The van der Waals surface area contributed by atoms with Crippen LogP contribution in [0, 0.1) is 6.92 Å². The monoisotopic (exact) mass is 489 g/mol. The summed E-state index contributed by atoms with van der Waals surface area (Å²) in [6, 6.07) is 19.7. The number of alkyl halides is 3. The molecule has 0 atom stereocenters. The highest BCUT2D eigenvalue weighted by Gasteiger charge is 2.35. The number of piperazine rings is 1. The van der Waals surface area contributed by atoms with Gasteiger partial charge in [0.25, 0.3) is 10.0 Å². The highest BCUT2D eigenvalue weighted by atomic mass is 32.2. The number of hydrogen-bond acceptors (Lipinski definition) is 4. The summed E-state index contributed by atoms with van der Waals surface area (Å²) in [6.07, 6.45) is -4.71.